The van der Waals surface area contributed by atoms with E-state index in [1.807, 2.05) is 12.1 Å². The predicted octanol–water partition coefficient (Wildman–Crippen LogP) is 3.00. The standard InChI is InChI=1S/C14H15NO4S/c1-4-19-14(16)13-15-11(8-20-13)10-6-5-9(17-2)7-12(10)18-3/h5-8H,4H2,1-3H3. The van der Waals surface area contributed by atoms with Gasteiger partial charge in [0.05, 0.1) is 26.5 Å². The van der Waals surface area contributed by atoms with Gasteiger partial charge < -0.3 is 14.2 Å². The van der Waals surface area contributed by atoms with Crippen molar-refractivity contribution in [1.29, 1.82) is 0 Å². The Morgan fingerprint density at radius 2 is 2.10 bits per heavy atom. The van der Waals surface area contributed by atoms with Crippen molar-refractivity contribution in [3.05, 3.63) is 28.6 Å². The highest BCUT2D eigenvalue weighted by Gasteiger charge is 2.15. The van der Waals surface area contributed by atoms with Crippen LogP contribution in [-0.4, -0.2) is 31.8 Å². The summed E-state index contributed by atoms with van der Waals surface area (Å²) in [6.45, 7) is 2.10. The molecule has 106 valence electrons. The van der Waals surface area contributed by atoms with Gasteiger partial charge in [-0.25, -0.2) is 9.78 Å². The molecule has 2 aromatic rings. The zero-order valence-electron chi connectivity index (χ0n) is 11.5. The molecule has 0 saturated heterocycles. The third-order valence-corrected chi connectivity index (χ3v) is 3.46. The lowest BCUT2D eigenvalue weighted by Crippen LogP contribution is -2.03. The quantitative estimate of drug-likeness (QED) is 0.793. The van der Waals surface area contributed by atoms with Crippen molar-refractivity contribution < 1.29 is 19.0 Å². The highest BCUT2D eigenvalue weighted by molar-refractivity contribution is 7.11. The van der Waals surface area contributed by atoms with Gasteiger partial charge in [-0.3, -0.25) is 0 Å². The van der Waals surface area contributed by atoms with Crippen LogP contribution in [0.5, 0.6) is 11.5 Å². The summed E-state index contributed by atoms with van der Waals surface area (Å²) in [6.07, 6.45) is 0. The summed E-state index contributed by atoms with van der Waals surface area (Å²) in [5.41, 5.74) is 1.48. The molecule has 1 aromatic carbocycles. The smallest absolute Gasteiger partial charge is 0.367 e. The Bertz CT molecular complexity index is 609. The van der Waals surface area contributed by atoms with E-state index < -0.39 is 5.97 Å². The summed E-state index contributed by atoms with van der Waals surface area (Å²) in [7, 11) is 3.17. The third kappa shape index (κ3) is 2.91. The van der Waals surface area contributed by atoms with Crippen molar-refractivity contribution in [2.24, 2.45) is 0 Å². The molecule has 1 heterocycles. The number of aromatic nitrogens is 1. The summed E-state index contributed by atoms with van der Waals surface area (Å²) in [5, 5.41) is 2.14. The first-order valence-corrected chi connectivity index (χ1v) is 6.92. The number of hydrogen-bond acceptors (Lipinski definition) is 6. The molecule has 0 radical (unpaired) electrons. The van der Waals surface area contributed by atoms with Crippen LogP contribution in [-0.2, 0) is 4.74 Å². The molecule has 0 unspecified atom stereocenters. The molecule has 0 spiro atoms. The molecule has 0 N–H and O–H groups in total. The molecule has 0 aliphatic carbocycles. The van der Waals surface area contributed by atoms with Crippen molar-refractivity contribution in [3.63, 3.8) is 0 Å². The summed E-state index contributed by atoms with van der Waals surface area (Å²) >= 11 is 1.25. The lowest BCUT2D eigenvalue weighted by molar-refractivity contribution is 0.0526. The Balaban J connectivity index is 2.34. The molecule has 0 bridgehead atoms. The number of carbonyl (C=O) groups excluding carboxylic acids is 1. The van der Waals surface area contributed by atoms with Crippen LogP contribution in [0.1, 0.15) is 16.7 Å². The second-order valence-corrected chi connectivity index (χ2v) is 4.68. The fourth-order valence-electron chi connectivity index (χ4n) is 1.69. The van der Waals surface area contributed by atoms with Crippen molar-refractivity contribution >= 4 is 17.3 Å². The van der Waals surface area contributed by atoms with Gasteiger partial charge in [-0.1, -0.05) is 0 Å². The SMILES string of the molecule is CCOC(=O)c1nc(-c2ccc(OC)cc2OC)cs1. The van der Waals surface area contributed by atoms with E-state index in [0.717, 1.165) is 5.56 Å². The number of nitrogens with zero attached hydrogens (tertiary/aromatic N) is 1. The monoisotopic (exact) mass is 293 g/mol. The number of esters is 1. The van der Waals surface area contributed by atoms with Crippen molar-refractivity contribution in [1.82, 2.24) is 4.98 Å². The van der Waals surface area contributed by atoms with Crippen LogP contribution in [0.4, 0.5) is 0 Å². The molecule has 0 fully saturated rings. The molecule has 0 aliphatic heterocycles. The Morgan fingerprint density at radius 1 is 1.30 bits per heavy atom. The second kappa shape index (κ2) is 6.38. The van der Waals surface area contributed by atoms with Crippen LogP contribution in [0.2, 0.25) is 0 Å². The van der Waals surface area contributed by atoms with Gasteiger partial charge >= 0.3 is 5.97 Å². The average molecular weight is 293 g/mol. The van der Waals surface area contributed by atoms with Crippen molar-refractivity contribution in [3.8, 4) is 22.8 Å². The Kier molecular flexibility index (Phi) is 4.57. The summed E-state index contributed by atoms with van der Waals surface area (Å²) in [4.78, 5) is 15.9. The van der Waals surface area contributed by atoms with E-state index in [0.29, 0.717) is 28.8 Å². The van der Waals surface area contributed by atoms with Crippen molar-refractivity contribution in [2.45, 2.75) is 6.92 Å². The predicted molar refractivity (Wildman–Crippen MR) is 76.6 cm³/mol. The van der Waals surface area contributed by atoms with Crippen molar-refractivity contribution in [2.75, 3.05) is 20.8 Å². The van der Waals surface area contributed by atoms with Gasteiger partial charge in [0.1, 0.15) is 11.5 Å². The van der Waals surface area contributed by atoms with Crippen LogP contribution >= 0.6 is 11.3 Å². The molecule has 0 atom stereocenters. The number of hydrogen-bond donors (Lipinski definition) is 0. The maximum absolute atomic E-state index is 11.6. The third-order valence-electron chi connectivity index (χ3n) is 2.64. The molecule has 0 aliphatic rings. The topological polar surface area (TPSA) is 57.7 Å². The minimum Gasteiger partial charge on any atom is -0.497 e. The second-order valence-electron chi connectivity index (χ2n) is 3.82. The molecule has 20 heavy (non-hydrogen) atoms. The highest BCUT2D eigenvalue weighted by Crippen LogP contribution is 2.33. The summed E-state index contributed by atoms with van der Waals surface area (Å²) in [6, 6.07) is 5.45. The van der Waals surface area contributed by atoms with Gasteiger partial charge in [0, 0.05) is 17.0 Å². The molecule has 5 nitrogen and oxygen atoms in total. The molecular weight excluding hydrogens is 278 g/mol. The van der Waals surface area contributed by atoms with E-state index in [-0.39, 0.29) is 0 Å². The van der Waals surface area contributed by atoms with Gasteiger partial charge in [-0.05, 0) is 19.1 Å². The number of benzene rings is 1. The van der Waals surface area contributed by atoms with E-state index in [4.69, 9.17) is 14.2 Å². The van der Waals surface area contributed by atoms with Crippen LogP contribution in [0, 0.1) is 0 Å². The fourth-order valence-corrected chi connectivity index (χ4v) is 2.40. The maximum Gasteiger partial charge on any atom is 0.367 e. The van der Waals surface area contributed by atoms with E-state index >= 15 is 0 Å². The van der Waals surface area contributed by atoms with Crippen LogP contribution < -0.4 is 9.47 Å². The van der Waals surface area contributed by atoms with Crippen LogP contribution in [0.25, 0.3) is 11.3 Å². The lowest BCUT2D eigenvalue weighted by Gasteiger charge is -2.08. The number of rotatable bonds is 5. The van der Waals surface area contributed by atoms with E-state index in [9.17, 15) is 4.79 Å². The zero-order chi connectivity index (χ0) is 14.5. The van der Waals surface area contributed by atoms with E-state index in [1.165, 1.54) is 11.3 Å². The number of methoxy groups -OCH3 is 2. The Hall–Kier alpha value is -2.08. The first-order chi connectivity index (χ1) is 9.69. The molecule has 2 rings (SSSR count). The summed E-state index contributed by atoms with van der Waals surface area (Å²) in [5.74, 6) is 0.938. The van der Waals surface area contributed by atoms with Gasteiger partial charge in [-0.15, -0.1) is 11.3 Å². The number of carbonyl (C=O) groups is 1. The fraction of sp³-hybridized carbons (Fsp3) is 0.286. The van der Waals surface area contributed by atoms with Crippen LogP contribution in [0.15, 0.2) is 23.6 Å². The normalized spacial score (nSPS) is 10.2. The molecule has 1 aromatic heterocycles. The zero-order valence-corrected chi connectivity index (χ0v) is 12.3. The first-order valence-electron chi connectivity index (χ1n) is 6.04. The minimum atomic E-state index is -0.406. The van der Waals surface area contributed by atoms with Gasteiger partial charge in [-0.2, -0.15) is 0 Å². The van der Waals surface area contributed by atoms with Gasteiger partial charge in [0.2, 0.25) is 5.01 Å². The maximum atomic E-state index is 11.6. The molecule has 0 saturated carbocycles. The average Bonchev–Trinajstić information content (AvgIpc) is 2.96. The van der Waals surface area contributed by atoms with E-state index in [2.05, 4.69) is 4.98 Å². The van der Waals surface area contributed by atoms with E-state index in [1.54, 1.807) is 32.6 Å². The van der Waals surface area contributed by atoms with Gasteiger partial charge in [0.15, 0.2) is 0 Å². The minimum absolute atomic E-state index is 0.333. The number of thiazole rings is 1. The molecule has 0 amide bonds. The first kappa shape index (κ1) is 14.3. The Morgan fingerprint density at radius 3 is 2.75 bits per heavy atom. The Labute approximate surface area is 121 Å². The summed E-state index contributed by atoms with van der Waals surface area (Å²) < 4.78 is 15.4. The number of ether oxygens (including phenoxy) is 3. The molecular formula is C14H15NO4S. The lowest BCUT2D eigenvalue weighted by atomic mass is 10.1. The van der Waals surface area contributed by atoms with Gasteiger partial charge in [0.25, 0.3) is 0 Å². The largest absolute Gasteiger partial charge is 0.497 e. The highest BCUT2D eigenvalue weighted by atomic mass is 32.1. The molecule has 6 heteroatoms. The van der Waals surface area contributed by atoms with Crippen LogP contribution in [0.3, 0.4) is 0 Å².